The predicted octanol–water partition coefficient (Wildman–Crippen LogP) is 3.36. The van der Waals surface area contributed by atoms with Crippen molar-refractivity contribution in [2.45, 2.75) is 44.7 Å². The van der Waals surface area contributed by atoms with E-state index in [1.165, 1.54) is 22.9 Å². The van der Waals surface area contributed by atoms with Crippen LogP contribution in [0.15, 0.2) is 55.0 Å². The van der Waals surface area contributed by atoms with Crippen LogP contribution >= 0.6 is 11.8 Å². The van der Waals surface area contributed by atoms with Gasteiger partial charge in [0.2, 0.25) is 0 Å². The van der Waals surface area contributed by atoms with Crippen molar-refractivity contribution in [2.24, 2.45) is 0 Å². The molecule has 36 heavy (non-hydrogen) atoms. The number of fused-ring (bicyclic) bond motifs is 2. The lowest BCUT2D eigenvalue weighted by molar-refractivity contribution is 0.0908. The van der Waals surface area contributed by atoms with Crippen LogP contribution in [-0.4, -0.2) is 64.2 Å². The van der Waals surface area contributed by atoms with Gasteiger partial charge >= 0.3 is 0 Å². The standard InChI is InChI=1S/C26H31N7O2S/c1-18(2)33-15-22(29-30-33)21-8-9-24-28-23(14-32(24)13-21)25(34)27-17-36-26(3,35)16-31-11-10-19-6-4-5-7-20(19)12-31/h4-9,13-15,18,35H,10-12,16-17H2,1-3H3,(H,27,34)/t26-/m1/s1. The molecule has 0 fully saturated rings. The van der Waals surface area contributed by atoms with Gasteiger partial charge in [-0.25, -0.2) is 9.67 Å². The Morgan fingerprint density at radius 2 is 1.97 bits per heavy atom. The van der Waals surface area contributed by atoms with E-state index in [0.29, 0.717) is 17.9 Å². The molecule has 4 aromatic rings. The summed E-state index contributed by atoms with van der Waals surface area (Å²) >= 11 is 1.32. The Balaban J connectivity index is 1.17. The van der Waals surface area contributed by atoms with Crippen LogP contribution in [0.4, 0.5) is 0 Å². The molecule has 1 aliphatic heterocycles. The maximum absolute atomic E-state index is 12.7. The molecule has 3 aromatic heterocycles. The molecule has 9 nitrogen and oxygen atoms in total. The van der Waals surface area contributed by atoms with E-state index in [9.17, 15) is 9.90 Å². The van der Waals surface area contributed by atoms with Gasteiger partial charge in [-0.15, -0.1) is 16.9 Å². The number of β-amino-alcohol motifs (C(OH)–C–C–N with tert-alkyl or cyclic N) is 1. The highest BCUT2D eigenvalue weighted by Crippen LogP contribution is 2.26. The molecule has 10 heteroatoms. The number of nitrogens with zero attached hydrogens (tertiary/aromatic N) is 6. The zero-order chi connectivity index (χ0) is 25.3. The van der Waals surface area contributed by atoms with Gasteiger partial charge in [0.1, 0.15) is 22.0 Å². The molecule has 0 radical (unpaired) electrons. The highest BCUT2D eigenvalue weighted by molar-refractivity contribution is 8.00. The zero-order valence-electron chi connectivity index (χ0n) is 20.8. The Hall–Kier alpha value is -3.21. The van der Waals surface area contributed by atoms with Gasteiger partial charge in [-0.2, -0.15) is 0 Å². The summed E-state index contributed by atoms with van der Waals surface area (Å²) in [4.78, 5) is 18.5. The van der Waals surface area contributed by atoms with Gasteiger partial charge in [-0.05, 0) is 50.5 Å². The van der Waals surface area contributed by atoms with E-state index in [1.807, 2.05) is 47.5 Å². The molecule has 0 aliphatic carbocycles. The highest BCUT2D eigenvalue weighted by atomic mass is 32.2. The van der Waals surface area contributed by atoms with Gasteiger partial charge in [0, 0.05) is 43.6 Å². The van der Waals surface area contributed by atoms with E-state index in [0.717, 1.165) is 30.8 Å². The number of thioether (sulfide) groups is 1. The van der Waals surface area contributed by atoms with Crippen molar-refractivity contribution >= 4 is 23.3 Å². The van der Waals surface area contributed by atoms with Crippen LogP contribution in [0.1, 0.15) is 48.4 Å². The van der Waals surface area contributed by atoms with Gasteiger partial charge in [0.15, 0.2) is 0 Å². The summed E-state index contributed by atoms with van der Waals surface area (Å²) < 4.78 is 3.62. The topological polar surface area (TPSA) is 101 Å². The molecule has 1 aliphatic rings. The Morgan fingerprint density at radius 1 is 1.17 bits per heavy atom. The Morgan fingerprint density at radius 3 is 2.75 bits per heavy atom. The number of amides is 1. The maximum Gasteiger partial charge on any atom is 0.272 e. The van der Waals surface area contributed by atoms with Crippen molar-refractivity contribution < 1.29 is 9.90 Å². The predicted molar refractivity (Wildman–Crippen MR) is 141 cm³/mol. The van der Waals surface area contributed by atoms with Crippen molar-refractivity contribution in [1.82, 2.24) is 34.6 Å². The van der Waals surface area contributed by atoms with Crippen molar-refractivity contribution in [3.63, 3.8) is 0 Å². The van der Waals surface area contributed by atoms with Gasteiger partial charge < -0.3 is 14.8 Å². The van der Waals surface area contributed by atoms with Crippen LogP contribution < -0.4 is 5.32 Å². The molecule has 2 N–H and O–H groups in total. The molecule has 0 spiro atoms. The van der Waals surface area contributed by atoms with Gasteiger partial charge in [0.25, 0.3) is 5.91 Å². The third-order valence-electron chi connectivity index (χ3n) is 6.36. The Labute approximate surface area is 214 Å². The monoisotopic (exact) mass is 505 g/mol. The third-order valence-corrected chi connectivity index (χ3v) is 7.40. The van der Waals surface area contributed by atoms with Gasteiger partial charge in [0.05, 0.1) is 12.1 Å². The number of aromatic nitrogens is 5. The van der Waals surface area contributed by atoms with Crippen molar-refractivity contribution in [3.05, 3.63) is 71.8 Å². The fourth-order valence-electron chi connectivity index (χ4n) is 4.41. The van der Waals surface area contributed by atoms with Gasteiger partial charge in [-0.3, -0.25) is 9.69 Å². The van der Waals surface area contributed by atoms with Crippen LogP contribution in [0.2, 0.25) is 0 Å². The zero-order valence-corrected chi connectivity index (χ0v) is 21.6. The van der Waals surface area contributed by atoms with E-state index >= 15 is 0 Å². The Bertz CT molecular complexity index is 1380. The molecule has 0 saturated heterocycles. The van der Waals surface area contributed by atoms with E-state index in [2.05, 4.69) is 49.8 Å². The molecule has 4 heterocycles. The summed E-state index contributed by atoms with van der Waals surface area (Å²) in [6, 6.07) is 12.5. The number of nitrogens with one attached hydrogen (secondary N) is 1. The average molecular weight is 506 g/mol. The van der Waals surface area contributed by atoms with Crippen LogP contribution in [0.5, 0.6) is 0 Å². The summed E-state index contributed by atoms with van der Waals surface area (Å²) in [7, 11) is 0. The second-order valence-corrected chi connectivity index (χ2v) is 11.1. The quantitative estimate of drug-likeness (QED) is 0.354. The molecule has 1 amide bonds. The lowest BCUT2D eigenvalue weighted by atomic mass is 10.00. The number of benzene rings is 1. The number of aliphatic hydroxyl groups is 1. The lowest BCUT2D eigenvalue weighted by Crippen LogP contribution is -2.42. The van der Waals surface area contributed by atoms with E-state index in [-0.39, 0.29) is 17.8 Å². The summed E-state index contributed by atoms with van der Waals surface area (Å²) in [5.41, 5.74) is 5.36. The van der Waals surface area contributed by atoms with Crippen LogP contribution in [0.3, 0.4) is 0 Å². The van der Waals surface area contributed by atoms with E-state index in [1.54, 1.807) is 13.1 Å². The normalized spacial score (nSPS) is 15.7. The molecular weight excluding hydrogens is 474 g/mol. The fourth-order valence-corrected chi connectivity index (χ4v) is 5.20. The molecule has 0 saturated carbocycles. The number of hydrogen-bond acceptors (Lipinski definition) is 7. The van der Waals surface area contributed by atoms with Crippen LogP contribution in [0.25, 0.3) is 16.9 Å². The Kier molecular flexibility index (Phi) is 6.83. The first-order valence-corrected chi connectivity index (χ1v) is 13.1. The average Bonchev–Trinajstić information content (AvgIpc) is 3.51. The van der Waals surface area contributed by atoms with E-state index < -0.39 is 4.93 Å². The molecule has 0 bridgehead atoms. The molecule has 5 rings (SSSR count). The number of imidazole rings is 1. The third kappa shape index (κ3) is 5.45. The summed E-state index contributed by atoms with van der Waals surface area (Å²) in [5, 5.41) is 22.2. The first-order valence-electron chi connectivity index (χ1n) is 12.1. The number of rotatable bonds is 8. The molecule has 0 unspecified atom stereocenters. The second-order valence-electron chi connectivity index (χ2n) is 9.69. The maximum atomic E-state index is 12.7. The summed E-state index contributed by atoms with van der Waals surface area (Å²) in [6.07, 6.45) is 6.49. The van der Waals surface area contributed by atoms with Crippen molar-refractivity contribution in [1.29, 1.82) is 0 Å². The second kappa shape index (κ2) is 10.0. The smallest absolute Gasteiger partial charge is 0.272 e. The van der Waals surface area contributed by atoms with Crippen molar-refractivity contribution in [3.8, 4) is 11.3 Å². The minimum absolute atomic E-state index is 0.230. The number of hydrogen-bond donors (Lipinski definition) is 2. The summed E-state index contributed by atoms with van der Waals surface area (Å²) in [5.74, 6) is 0.00874. The highest BCUT2D eigenvalue weighted by Gasteiger charge is 2.27. The lowest BCUT2D eigenvalue weighted by Gasteiger charge is -2.34. The SMILES string of the molecule is CC(C)n1cc(-c2ccc3nc(C(=O)NCS[C@@](C)(O)CN4CCc5ccccc5C4)cn3c2)nn1. The fraction of sp³-hybridized carbons (Fsp3) is 0.385. The molecule has 1 atom stereocenters. The van der Waals surface area contributed by atoms with Crippen LogP contribution in [-0.2, 0) is 13.0 Å². The minimum Gasteiger partial charge on any atom is -0.378 e. The van der Waals surface area contributed by atoms with Crippen LogP contribution in [0, 0.1) is 0 Å². The van der Waals surface area contributed by atoms with E-state index in [4.69, 9.17) is 0 Å². The number of pyridine rings is 1. The largest absolute Gasteiger partial charge is 0.378 e. The minimum atomic E-state index is -0.985. The van der Waals surface area contributed by atoms with Gasteiger partial charge in [-0.1, -0.05) is 29.5 Å². The first-order chi connectivity index (χ1) is 17.3. The molecule has 1 aromatic carbocycles. The number of carbonyl (C=O) groups is 1. The summed E-state index contributed by atoms with van der Waals surface area (Å²) in [6.45, 7) is 8.17. The van der Waals surface area contributed by atoms with Crippen molar-refractivity contribution in [2.75, 3.05) is 19.0 Å². The first kappa shape index (κ1) is 24.5. The molecule has 188 valence electrons. The number of carbonyl (C=O) groups excluding carboxylic acids is 1. The molecular formula is C26H31N7O2S.